The van der Waals surface area contributed by atoms with E-state index in [0.29, 0.717) is 25.0 Å². The van der Waals surface area contributed by atoms with E-state index in [9.17, 15) is 4.79 Å². The predicted octanol–water partition coefficient (Wildman–Crippen LogP) is 1.30. The van der Waals surface area contributed by atoms with Gasteiger partial charge in [0, 0.05) is 30.6 Å². The minimum absolute atomic E-state index is 0.239. The molecule has 0 bridgehead atoms. The van der Waals surface area contributed by atoms with Crippen LogP contribution in [0.2, 0.25) is 0 Å². The molecule has 1 unspecified atom stereocenters. The van der Waals surface area contributed by atoms with Gasteiger partial charge < -0.3 is 10.6 Å². The summed E-state index contributed by atoms with van der Waals surface area (Å²) in [6, 6.07) is 2.52. The molecule has 0 spiro atoms. The molecule has 4 nitrogen and oxygen atoms in total. The number of carbonyl (C=O) groups excluding carboxylic acids is 1. The topological polar surface area (TPSA) is 49.6 Å². The number of carbonyl (C=O) groups is 1. The Morgan fingerprint density at radius 2 is 2.40 bits per heavy atom. The lowest BCUT2D eigenvalue weighted by Gasteiger charge is -2.31. The summed E-state index contributed by atoms with van der Waals surface area (Å²) >= 11 is 1.81. The number of fused-ring (bicyclic) bond motifs is 1. The van der Waals surface area contributed by atoms with Crippen molar-refractivity contribution < 1.29 is 4.79 Å². The zero-order valence-corrected chi connectivity index (χ0v) is 12.9. The fraction of sp³-hybridized carbons (Fsp3) is 0.667. The van der Waals surface area contributed by atoms with Crippen LogP contribution in [0.15, 0.2) is 11.4 Å². The quantitative estimate of drug-likeness (QED) is 0.890. The number of rotatable bonds is 5. The van der Waals surface area contributed by atoms with Gasteiger partial charge in [-0.05, 0) is 49.2 Å². The van der Waals surface area contributed by atoms with Crippen molar-refractivity contribution in [1.29, 1.82) is 0 Å². The lowest BCUT2D eigenvalue weighted by molar-refractivity contribution is -0.133. The molecule has 3 rings (SSSR count). The fourth-order valence-electron chi connectivity index (χ4n) is 3.11. The van der Waals surface area contributed by atoms with Gasteiger partial charge in [-0.25, -0.2) is 0 Å². The molecular formula is C15H23N3OS. The Kier molecular flexibility index (Phi) is 4.10. The second-order valence-electron chi connectivity index (χ2n) is 5.99. The molecule has 1 amide bonds. The smallest absolute Gasteiger partial charge is 0.237 e. The minimum atomic E-state index is 0.239. The molecule has 1 aromatic rings. The first-order valence-electron chi connectivity index (χ1n) is 7.42. The first kappa shape index (κ1) is 14.0. The first-order chi connectivity index (χ1) is 9.69. The number of hydrogen-bond acceptors (Lipinski definition) is 4. The number of nitrogens with two attached hydrogens (primary N) is 1. The molecule has 5 heteroatoms. The van der Waals surface area contributed by atoms with Gasteiger partial charge in [-0.1, -0.05) is 0 Å². The Balaban J connectivity index is 1.57. The van der Waals surface area contributed by atoms with Crippen LogP contribution in [-0.2, 0) is 17.8 Å². The number of amides is 1. The van der Waals surface area contributed by atoms with E-state index in [0.717, 1.165) is 19.5 Å². The molecule has 2 aliphatic rings. The van der Waals surface area contributed by atoms with E-state index in [4.69, 9.17) is 5.73 Å². The molecule has 2 heterocycles. The summed E-state index contributed by atoms with van der Waals surface area (Å²) in [7, 11) is 2.04. The summed E-state index contributed by atoms with van der Waals surface area (Å²) in [6.45, 7) is 2.79. The van der Waals surface area contributed by atoms with Gasteiger partial charge in [0.1, 0.15) is 0 Å². The van der Waals surface area contributed by atoms with Crippen molar-refractivity contribution in [3.63, 3.8) is 0 Å². The fourth-order valence-corrected chi connectivity index (χ4v) is 3.99. The highest BCUT2D eigenvalue weighted by molar-refractivity contribution is 7.10. The summed E-state index contributed by atoms with van der Waals surface area (Å²) in [4.78, 5) is 18.0. The van der Waals surface area contributed by atoms with Crippen LogP contribution in [0.4, 0.5) is 0 Å². The van der Waals surface area contributed by atoms with Crippen molar-refractivity contribution in [1.82, 2.24) is 9.80 Å². The number of hydrogen-bond donors (Lipinski definition) is 1. The van der Waals surface area contributed by atoms with Gasteiger partial charge in [-0.2, -0.15) is 0 Å². The Morgan fingerprint density at radius 1 is 1.60 bits per heavy atom. The van der Waals surface area contributed by atoms with Gasteiger partial charge in [0.05, 0.1) is 6.54 Å². The molecule has 1 atom stereocenters. The molecule has 1 fully saturated rings. The largest absolute Gasteiger partial charge is 0.337 e. The number of likely N-dealkylation sites (N-methyl/N-ethyl adjacent to an activating group) is 1. The molecular weight excluding hydrogens is 270 g/mol. The van der Waals surface area contributed by atoms with Crippen molar-refractivity contribution in [2.75, 3.05) is 26.7 Å². The zero-order valence-electron chi connectivity index (χ0n) is 12.0. The van der Waals surface area contributed by atoms with Gasteiger partial charge in [-0.15, -0.1) is 11.3 Å². The second kappa shape index (κ2) is 5.84. The molecule has 1 aliphatic heterocycles. The second-order valence-corrected chi connectivity index (χ2v) is 6.99. The average molecular weight is 293 g/mol. The minimum Gasteiger partial charge on any atom is -0.337 e. The summed E-state index contributed by atoms with van der Waals surface area (Å²) in [5.41, 5.74) is 7.18. The zero-order chi connectivity index (χ0) is 14.1. The van der Waals surface area contributed by atoms with Gasteiger partial charge in [0.25, 0.3) is 0 Å². The van der Waals surface area contributed by atoms with Gasteiger partial charge >= 0.3 is 0 Å². The lowest BCUT2D eigenvalue weighted by atomic mass is 10.1. The molecule has 2 N–H and O–H groups in total. The maximum Gasteiger partial charge on any atom is 0.237 e. The Hall–Kier alpha value is -0.910. The van der Waals surface area contributed by atoms with Crippen LogP contribution in [0.1, 0.15) is 23.3 Å². The van der Waals surface area contributed by atoms with Crippen LogP contribution in [0.5, 0.6) is 0 Å². The highest BCUT2D eigenvalue weighted by Gasteiger charge is 2.34. The van der Waals surface area contributed by atoms with Crippen molar-refractivity contribution in [2.24, 2.45) is 11.7 Å². The standard InChI is InChI=1S/C15H23N3OS/c1-17(13(8-16)11-2-3-11)10-15(19)18-6-4-14-12(9-18)5-7-20-14/h5,7,11,13H,2-4,6,8-10,16H2,1H3. The molecule has 1 saturated carbocycles. The van der Waals surface area contributed by atoms with Gasteiger partial charge in [0.2, 0.25) is 5.91 Å². The molecule has 0 radical (unpaired) electrons. The molecule has 110 valence electrons. The van der Waals surface area contributed by atoms with Gasteiger partial charge in [0.15, 0.2) is 0 Å². The van der Waals surface area contributed by atoms with E-state index in [1.807, 2.05) is 23.3 Å². The van der Waals surface area contributed by atoms with E-state index >= 15 is 0 Å². The third kappa shape index (κ3) is 2.90. The molecule has 0 saturated heterocycles. The molecule has 1 aliphatic carbocycles. The van der Waals surface area contributed by atoms with E-state index in [2.05, 4.69) is 16.3 Å². The Labute approximate surface area is 124 Å². The monoisotopic (exact) mass is 293 g/mol. The van der Waals surface area contributed by atoms with E-state index < -0.39 is 0 Å². The lowest BCUT2D eigenvalue weighted by Crippen LogP contribution is -2.47. The Bertz CT molecular complexity index is 483. The first-order valence-corrected chi connectivity index (χ1v) is 8.30. The normalized spacial score (nSPS) is 20.1. The van der Waals surface area contributed by atoms with Crippen molar-refractivity contribution >= 4 is 17.2 Å². The SMILES string of the molecule is CN(CC(=O)N1CCc2sccc2C1)C(CN)C1CC1. The highest BCUT2D eigenvalue weighted by atomic mass is 32.1. The van der Waals surface area contributed by atoms with Crippen molar-refractivity contribution in [3.05, 3.63) is 21.9 Å². The highest BCUT2D eigenvalue weighted by Crippen LogP contribution is 2.34. The summed E-state index contributed by atoms with van der Waals surface area (Å²) in [5.74, 6) is 0.950. The van der Waals surface area contributed by atoms with Crippen LogP contribution in [0.3, 0.4) is 0 Å². The number of thiophene rings is 1. The van der Waals surface area contributed by atoms with Crippen LogP contribution in [0.25, 0.3) is 0 Å². The summed E-state index contributed by atoms with van der Waals surface area (Å²) < 4.78 is 0. The van der Waals surface area contributed by atoms with E-state index in [1.165, 1.54) is 23.3 Å². The van der Waals surface area contributed by atoms with Crippen LogP contribution < -0.4 is 5.73 Å². The van der Waals surface area contributed by atoms with Gasteiger partial charge in [-0.3, -0.25) is 9.69 Å². The van der Waals surface area contributed by atoms with E-state index in [-0.39, 0.29) is 5.91 Å². The summed E-state index contributed by atoms with van der Waals surface area (Å²) in [5, 5.41) is 2.13. The summed E-state index contributed by atoms with van der Waals surface area (Å²) in [6.07, 6.45) is 3.54. The maximum atomic E-state index is 12.5. The average Bonchev–Trinajstić information content (AvgIpc) is 3.16. The third-order valence-corrected chi connectivity index (χ3v) is 5.54. The molecule has 1 aromatic heterocycles. The number of nitrogens with zero attached hydrogens (tertiary/aromatic N) is 2. The maximum absolute atomic E-state index is 12.5. The van der Waals surface area contributed by atoms with Crippen LogP contribution in [0, 0.1) is 5.92 Å². The Morgan fingerprint density at radius 3 is 3.10 bits per heavy atom. The molecule has 20 heavy (non-hydrogen) atoms. The van der Waals surface area contributed by atoms with Crippen molar-refractivity contribution in [3.8, 4) is 0 Å². The van der Waals surface area contributed by atoms with E-state index in [1.54, 1.807) is 0 Å². The predicted molar refractivity (Wildman–Crippen MR) is 81.6 cm³/mol. The third-order valence-electron chi connectivity index (χ3n) is 4.52. The molecule has 0 aromatic carbocycles. The van der Waals surface area contributed by atoms with Crippen LogP contribution in [-0.4, -0.2) is 48.4 Å². The van der Waals surface area contributed by atoms with Crippen molar-refractivity contribution in [2.45, 2.75) is 31.8 Å². The van der Waals surface area contributed by atoms with Crippen LogP contribution >= 0.6 is 11.3 Å².